The molecule has 0 fully saturated rings. The van der Waals surface area contributed by atoms with Gasteiger partial charge in [0.15, 0.2) is 5.82 Å². The van der Waals surface area contributed by atoms with Gasteiger partial charge in [0.1, 0.15) is 11.4 Å². The summed E-state index contributed by atoms with van der Waals surface area (Å²) >= 11 is 6.35. The zero-order valence-corrected chi connectivity index (χ0v) is 23.1. The Hall–Kier alpha value is -4.85. The zero-order valence-electron chi connectivity index (χ0n) is 22.3. The van der Waals surface area contributed by atoms with E-state index in [4.69, 9.17) is 11.6 Å². The molecule has 0 aliphatic carbocycles. The molecule has 3 amide bonds. The number of aromatic nitrogens is 5. The minimum Gasteiger partial charge on any atom is -0.452 e. The molecule has 0 atom stereocenters. The molecule has 41 heavy (non-hydrogen) atoms. The van der Waals surface area contributed by atoms with Gasteiger partial charge in [0.2, 0.25) is 0 Å². The first-order chi connectivity index (χ1) is 19.4. The van der Waals surface area contributed by atoms with E-state index in [2.05, 4.69) is 36.0 Å². The number of ether oxygens (including phenoxy) is 1. The third kappa shape index (κ3) is 6.66. The summed E-state index contributed by atoms with van der Waals surface area (Å²) in [4.78, 5) is 45.9. The van der Waals surface area contributed by atoms with Crippen molar-refractivity contribution in [3.05, 3.63) is 87.8 Å². The Kier molecular flexibility index (Phi) is 8.33. The van der Waals surface area contributed by atoms with Crippen molar-refractivity contribution in [3.8, 4) is 5.82 Å². The smallest absolute Gasteiger partial charge is 0.425 e. The summed E-state index contributed by atoms with van der Waals surface area (Å²) in [6.07, 6.45) is 3.01. The number of nitrogens with one attached hydrogen (secondary N) is 3. The number of aryl methyl sites for hydroxylation is 2. The van der Waals surface area contributed by atoms with Gasteiger partial charge in [-0.1, -0.05) is 17.7 Å². The maximum absolute atomic E-state index is 13.7. The highest BCUT2D eigenvalue weighted by Gasteiger charge is 2.28. The van der Waals surface area contributed by atoms with Crippen molar-refractivity contribution in [2.75, 3.05) is 12.4 Å². The van der Waals surface area contributed by atoms with Crippen molar-refractivity contribution in [3.63, 3.8) is 0 Å². The molecule has 15 heteroatoms. The van der Waals surface area contributed by atoms with Gasteiger partial charge in [-0.2, -0.15) is 13.9 Å². The van der Waals surface area contributed by atoms with Crippen LogP contribution in [0.2, 0.25) is 5.02 Å². The van der Waals surface area contributed by atoms with Crippen LogP contribution >= 0.6 is 11.6 Å². The molecule has 0 saturated heterocycles. The molecule has 0 unspecified atom stereocenters. The van der Waals surface area contributed by atoms with E-state index in [1.807, 2.05) is 0 Å². The Balaban J connectivity index is 1.71. The molecule has 214 valence electrons. The van der Waals surface area contributed by atoms with Gasteiger partial charge in [-0.3, -0.25) is 15.0 Å². The van der Waals surface area contributed by atoms with Crippen molar-refractivity contribution < 1.29 is 27.9 Å². The number of hydrogen-bond donors (Lipinski definition) is 3. The summed E-state index contributed by atoms with van der Waals surface area (Å²) in [6, 6.07) is 7.93. The van der Waals surface area contributed by atoms with Gasteiger partial charge < -0.3 is 14.6 Å². The van der Waals surface area contributed by atoms with Crippen molar-refractivity contribution in [2.24, 2.45) is 0 Å². The first kappa shape index (κ1) is 29.1. The molecule has 0 radical (unpaired) electrons. The first-order valence-electron chi connectivity index (χ1n) is 12.0. The first-order valence-corrected chi connectivity index (χ1v) is 12.4. The van der Waals surface area contributed by atoms with E-state index in [1.54, 1.807) is 32.0 Å². The summed E-state index contributed by atoms with van der Waals surface area (Å²) in [5, 5.41) is 7.40. The van der Waals surface area contributed by atoms with Crippen molar-refractivity contribution in [2.45, 2.75) is 33.2 Å². The number of nitrogens with zero attached hydrogens (tertiary/aromatic N) is 5. The zero-order chi connectivity index (χ0) is 29.9. The van der Waals surface area contributed by atoms with E-state index in [1.165, 1.54) is 40.1 Å². The average molecular weight is 587 g/mol. The van der Waals surface area contributed by atoms with E-state index in [-0.39, 0.29) is 34.3 Å². The fraction of sp³-hybridized carbons (Fsp3) is 0.231. The second-order valence-electron chi connectivity index (χ2n) is 9.09. The number of amides is 3. The Morgan fingerprint density at radius 3 is 2.51 bits per heavy atom. The van der Waals surface area contributed by atoms with Crippen molar-refractivity contribution in [1.82, 2.24) is 35.2 Å². The van der Waals surface area contributed by atoms with Crippen LogP contribution < -0.4 is 16.2 Å². The molecular formula is C26H25ClF2N8O4. The fourth-order valence-electron chi connectivity index (χ4n) is 3.94. The van der Waals surface area contributed by atoms with Gasteiger partial charge in [-0.05, 0) is 49.2 Å². The minimum absolute atomic E-state index is 0.000721. The van der Waals surface area contributed by atoms with E-state index in [9.17, 15) is 23.2 Å². The van der Waals surface area contributed by atoms with Gasteiger partial charge in [0.25, 0.3) is 17.7 Å². The van der Waals surface area contributed by atoms with Crippen molar-refractivity contribution >= 4 is 35.2 Å². The number of carbonyl (C=O) groups is 3. The maximum Gasteiger partial charge on any atom is 0.425 e. The number of alkyl halides is 2. The summed E-state index contributed by atoms with van der Waals surface area (Å²) in [5.74, 6) is -4.35. The third-order valence-electron chi connectivity index (χ3n) is 5.79. The van der Waals surface area contributed by atoms with Crippen LogP contribution in [0, 0.1) is 13.8 Å². The van der Waals surface area contributed by atoms with E-state index >= 15 is 0 Å². The normalized spacial score (nSPS) is 11.2. The van der Waals surface area contributed by atoms with Crippen LogP contribution in [-0.2, 0) is 17.2 Å². The summed E-state index contributed by atoms with van der Waals surface area (Å²) < 4.78 is 34.4. The number of rotatable bonds is 7. The number of imidazole rings is 1. The second kappa shape index (κ2) is 11.7. The average Bonchev–Trinajstić information content (AvgIpc) is 3.56. The number of anilines is 1. The number of methoxy groups -OCH3 is 1. The molecule has 0 saturated carbocycles. The van der Waals surface area contributed by atoms with Crippen molar-refractivity contribution in [1.29, 1.82) is 0 Å². The monoisotopic (exact) mass is 586 g/mol. The minimum atomic E-state index is -3.13. The standard InChI is InChI=1S/C26H25ClF2N8O4/c1-14-8-15(2)21(17(9-14)23(38)33-34-25(40)41-4)32-24(39)19-10-16(11-36-12-20(31-13-36)26(3,28)29)35-37(19)22-18(27)6-5-7-30-22/h5-10,12-13H,11H2,1-4H3,(H,32,39)(H,33,38)(H,34,40). The van der Waals surface area contributed by atoms with Crippen LogP contribution in [0.3, 0.4) is 0 Å². The summed E-state index contributed by atoms with van der Waals surface area (Å²) in [6.45, 7) is 4.22. The van der Waals surface area contributed by atoms with E-state index in [0.717, 1.165) is 19.6 Å². The Morgan fingerprint density at radius 2 is 1.85 bits per heavy atom. The molecule has 3 heterocycles. The van der Waals surface area contributed by atoms with Crippen LogP contribution in [0.1, 0.15) is 50.3 Å². The predicted octanol–water partition coefficient (Wildman–Crippen LogP) is 4.15. The Bertz CT molecular complexity index is 1630. The molecule has 4 rings (SSSR count). The number of hydrogen-bond acceptors (Lipinski definition) is 7. The number of pyridine rings is 1. The molecule has 0 aliphatic heterocycles. The molecule has 0 bridgehead atoms. The highest BCUT2D eigenvalue weighted by molar-refractivity contribution is 6.32. The largest absolute Gasteiger partial charge is 0.452 e. The highest BCUT2D eigenvalue weighted by Crippen LogP contribution is 2.27. The van der Waals surface area contributed by atoms with Crippen LogP contribution in [0.25, 0.3) is 5.82 Å². The third-order valence-corrected chi connectivity index (χ3v) is 6.08. The number of benzene rings is 1. The molecule has 12 nitrogen and oxygen atoms in total. The second-order valence-corrected chi connectivity index (χ2v) is 9.50. The Labute approximate surface area is 237 Å². The number of carbonyl (C=O) groups excluding carboxylic acids is 3. The quantitative estimate of drug-likeness (QED) is 0.276. The van der Waals surface area contributed by atoms with Gasteiger partial charge in [-0.15, -0.1) is 0 Å². The molecule has 1 aromatic carbocycles. The summed E-state index contributed by atoms with van der Waals surface area (Å²) in [5.41, 5.74) is 5.77. The lowest BCUT2D eigenvalue weighted by atomic mass is 10.0. The lowest BCUT2D eigenvalue weighted by Crippen LogP contribution is -2.42. The molecule has 0 aliphatic rings. The van der Waals surface area contributed by atoms with Gasteiger partial charge in [0.05, 0.1) is 41.9 Å². The highest BCUT2D eigenvalue weighted by atomic mass is 35.5. The fourth-order valence-corrected chi connectivity index (χ4v) is 4.14. The molecule has 3 aromatic heterocycles. The summed E-state index contributed by atoms with van der Waals surface area (Å²) in [7, 11) is 1.14. The SMILES string of the molecule is COC(=O)NNC(=O)c1cc(C)cc(C)c1NC(=O)c1cc(Cn2cnc(C(C)(F)F)c2)nn1-c1ncccc1Cl. The molecular weight excluding hydrogens is 562 g/mol. The molecule has 3 N–H and O–H groups in total. The molecule has 4 aromatic rings. The Morgan fingerprint density at radius 1 is 1.10 bits per heavy atom. The number of hydrazine groups is 1. The van der Waals surface area contributed by atoms with Crippen LogP contribution in [-0.4, -0.2) is 49.3 Å². The topological polar surface area (TPSA) is 145 Å². The van der Waals surface area contributed by atoms with Gasteiger partial charge >= 0.3 is 6.09 Å². The van der Waals surface area contributed by atoms with Crippen LogP contribution in [0.4, 0.5) is 19.3 Å². The number of halogens is 3. The molecule has 0 spiro atoms. The van der Waals surface area contributed by atoms with Gasteiger partial charge in [-0.25, -0.2) is 24.9 Å². The van der Waals surface area contributed by atoms with Crippen LogP contribution in [0.15, 0.2) is 49.1 Å². The van der Waals surface area contributed by atoms with Crippen LogP contribution in [0.5, 0.6) is 0 Å². The lowest BCUT2D eigenvalue weighted by Gasteiger charge is -2.16. The lowest BCUT2D eigenvalue weighted by molar-refractivity contribution is 0.0131. The van der Waals surface area contributed by atoms with E-state index < -0.39 is 29.5 Å². The predicted molar refractivity (Wildman–Crippen MR) is 144 cm³/mol. The maximum atomic E-state index is 13.7. The van der Waals surface area contributed by atoms with E-state index in [0.29, 0.717) is 11.3 Å². The van der Waals surface area contributed by atoms with Gasteiger partial charge in [0, 0.05) is 19.3 Å².